The fourth-order valence-electron chi connectivity index (χ4n) is 2.53. The maximum Gasteiger partial charge on any atom is 0.310 e. The lowest BCUT2D eigenvalue weighted by molar-refractivity contribution is -0.146. The first-order chi connectivity index (χ1) is 13.0. The second-order valence-electron chi connectivity index (χ2n) is 5.72. The van der Waals surface area contributed by atoms with E-state index in [9.17, 15) is 9.59 Å². The predicted octanol–water partition coefficient (Wildman–Crippen LogP) is 2.84. The van der Waals surface area contributed by atoms with E-state index in [0.717, 1.165) is 0 Å². The number of benzene rings is 2. The highest BCUT2D eigenvalue weighted by Crippen LogP contribution is 2.38. The zero-order valence-electron chi connectivity index (χ0n) is 14.6. The van der Waals surface area contributed by atoms with Crippen molar-refractivity contribution in [3.63, 3.8) is 0 Å². The molecule has 0 aliphatic carbocycles. The van der Waals surface area contributed by atoms with Crippen LogP contribution in [-0.2, 0) is 20.7 Å². The van der Waals surface area contributed by atoms with E-state index in [1.54, 1.807) is 36.4 Å². The number of rotatable bonds is 6. The number of amides is 1. The van der Waals surface area contributed by atoms with Gasteiger partial charge in [-0.05, 0) is 29.8 Å². The van der Waals surface area contributed by atoms with E-state index >= 15 is 0 Å². The Hall–Kier alpha value is -2.93. The Morgan fingerprint density at radius 2 is 2.00 bits per heavy atom. The molecule has 0 bridgehead atoms. The van der Waals surface area contributed by atoms with E-state index in [0.29, 0.717) is 46.7 Å². The Morgan fingerprint density at radius 3 is 2.81 bits per heavy atom. The first-order valence-corrected chi connectivity index (χ1v) is 8.60. The predicted molar refractivity (Wildman–Crippen MR) is 98.7 cm³/mol. The van der Waals surface area contributed by atoms with Crippen LogP contribution in [0.4, 0.5) is 5.69 Å². The molecule has 1 aliphatic heterocycles. The van der Waals surface area contributed by atoms with E-state index in [2.05, 4.69) is 5.32 Å². The Bertz CT molecular complexity index is 854. The molecule has 1 aliphatic rings. The number of halogens is 1. The molecule has 1 amide bonds. The third-order valence-corrected chi connectivity index (χ3v) is 4.00. The number of nitrogens with one attached hydrogen (secondary N) is 1. The molecule has 0 spiro atoms. The van der Waals surface area contributed by atoms with Crippen LogP contribution in [0.3, 0.4) is 0 Å². The van der Waals surface area contributed by atoms with Gasteiger partial charge in [0.2, 0.25) is 0 Å². The SMILES string of the molecule is COc1cccc(NC(=O)COC(=O)Cc2cc(Cl)c3c(c2)OCCO3)c1. The number of hydrogen-bond donors (Lipinski definition) is 1. The van der Waals surface area contributed by atoms with Gasteiger partial charge < -0.3 is 24.3 Å². The van der Waals surface area contributed by atoms with Crippen LogP contribution in [0.25, 0.3) is 0 Å². The van der Waals surface area contributed by atoms with Gasteiger partial charge in [0.1, 0.15) is 19.0 Å². The summed E-state index contributed by atoms with van der Waals surface area (Å²) in [7, 11) is 1.53. The van der Waals surface area contributed by atoms with Gasteiger partial charge >= 0.3 is 5.97 Å². The number of carbonyl (C=O) groups is 2. The van der Waals surface area contributed by atoms with Crippen LogP contribution in [-0.4, -0.2) is 38.8 Å². The average Bonchev–Trinajstić information content (AvgIpc) is 2.66. The minimum Gasteiger partial charge on any atom is -0.497 e. The molecule has 2 aromatic carbocycles. The summed E-state index contributed by atoms with van der Waals surface area (Å²) < 4.78 is 21.0. The van der Waals surface area contributed by atoms with E-state index in [4.69, 9.17) is 30.5 Å². The zero-order chi connectivity index (χ0) is 19.2. The third kappa shape index (κ3) is 5.04. The number of hydrogen-bond acceptors (Lipinski definition) is 6. The maximum atomic E-state index is 12.0. The van der Waals surface area contributed by atoms with Crippen LogP contribution in [0.2, 0.25) is 5.02 Å². The number of carbonyl (C=O) groups excluding carboxylic acids is 2. The van der Waals surface area contributed by atoms with Crippen LogP contribution in [0.15, 0.2) is 36.4 Å². The Balaban J connectivity index is 1.52. The lowest BCUT2D eigenvalue weighted by atomic mass is 10.1. The molecule has 7 nitrogen and oxygen atoms in total. The fourth-order valence-corrected chi connectivity index (χ4v) is 2.82. The summed E-state index contributed by atoms with van der Waals surface area (Å²) in [6.45, 7) is 0.451. The van der Waals surface area contributed by atoms with Crippen molar-refractivity contribution in [2.45, 2.75) is 6.42 Å². The van der Waals surface area contributed by atoms with Crippen molar-refractivity contribution in [1.29, 1.82) is 0 Å². The number of fused-ring (bicyclic) bond motifs is 1. The molecule has 1 N–H and O–H groups in total. The highest BCUT2D eigenvalue weighted by molar-refractivity contribution is 6.32. The van der Waals surface area contributed by atoms with Gasteiger partial charge in [-0.15, -0.1) is 0 Å². The molecule has 0 unspecified atom stereocenters. The van der Waals surface area contributed by atoms with Crippen LogP contribution in [0.5, 0.6) is 17.2 Å². The van der Waals surface area contributed by atoms with Crippen LogP contribution >= 0.6 is 11.6 Å². The molecule has 27 heavy (non-hydrogen) atoms. The van der Waals surface area contributed by atoms with Gasteiger partial charge in [-0.1, -0.05) is 17.7 Å². The lowest BCUT2D eigenvalue weighted by Gasteiger charge is -2.20. The molecule has 8 heteroatoms. The molecular weight excluding hydrogens is 374 g/mol. The molecule has 0 fully saturated rings. The molecule has 0 atom stereocenters. The summed E-state index contributed by atoms with van der Waals surface area (Å²) in [4.78, 5) is 23.9. The summed E-state index contributed by atoms with van der Waals surface area (Å²) in [6.07, 6.45) is -0.0389. The first-order valence-electron chi connectivity index (χ1n) is 8.22. The Labute approximate surface area is 161 Å². The highest BCUT2D eigenvalue weighted by atomic mass is 35.5. The Morgan fingerprint density at radius 1 is 1.19 bits per heavy atom. The molecule has 0 saturated heterocycles. The van der Waals surface area contributed by atoms with Gasteiger partial charge in [-0.2, -0.15) is 0 Å². The summed E-state index contributed by atoms with van der Waals surface area (Å²) in [5.41, 5.74) is 1.16. The zero-order valence-corrected chi connectivity index (χ0v) is 15.4. The minimum atomic E-state index is -0.552. The highest BCUT2D eigenvalue weighted by Gasteiger charge is 2.18. The number of methoxy groups -OCH3 is 1. The van der Waals surface area contributed by atoms with Crippen molar-refractivity contribution in [3.05, 3.63) is 47.0 Å². The summed E-state index contributed by atoms with van der Waals surface area (Å²) in [5.74, 6) is 0.575. The molecule has 0 radical (unpaired) electrons. The van der Waals surface area contributed by atoms with Gasteiger partial charge in [0, 0.05) is 11.8 Å². The minimum absolute atomic E-state index is 0.0389. The lowest BCUT2D eigenvalue weighted by Crippen LogP contribution is -2.21. The fraction of sp³-hybridized carbons (Fsp3) is 0.263. The van der Waals surface area contributed by atoms with Gasteiger partial charge in [0.15, 0.2) is 18.1 Å². The monoisotopic (exact) mass is 391 g/mol. The van der Waals surface area contributed by atoms with Gasteiger partial charge in [0.25, 0.3) is 5.91 Å². The first kappa shape index (κ1) is 18.8. The normalized spacial score (nSPS) is 12.2. The van der Waals surface area contributed by atoms with Crippen LogP contribution < -0.4 is 19.5 Å². The van der Waals surface area contributed by atoms with Crippen molar-refractivity contribution < 1.29 is 28.5 Å². The summed E-state index contributed by atoms with van der Waals surface area (Å²) in [5, 5.41) is 3.00. The van der Waals surface area contributed by atoms with Gasteiger partial charge in [-0.25, -0.2) is 0 Å². The molecule has 2 aromatic rings. The summed E-state index contributed by atoms with van der Waals surface area (Å²) in [6, 6.07) is 10.2. The van der Waals surface area contributed by atoms with Crippen molar-refractivity contribution in [2.75, 3.05) is 32.2 Å². The molecule has 0 saturated carbocycles. The van der Waals surface area contributed by atoms with Crippen LogP contribution in [0, 0.1) is 0 Å². The second-order valence-corrected chi connectivity index (χ2v) is 6.13. The second kappa shape index (κ2) is 8.64. The van der Waals surface area contributed by atoms with Gasteiger partial charge in [-0.3, -0.25) is 9.59 Å². The standard InChI is InChI=1S/C19H18ClNO6/c1-24-14-4-2-3-13(10-14)21-17(22)11-27-18(23)9-12-7-15(20)19-16(8-12)25-5-6-26-19/h2-4,7-8,10H,5-6,9,11H2,1H3,(H,21,22). The number of anilines is 1. The average molecular weight is 392 g/mol. The van der Waals surface area contributed by atoms with Crippen LogP contribution in [0.1, 0.15) is 5.56 Å². The third-order valence-electron chi connectivity index (χ3n) is 3.72. The molecule has 0 aromatic heterocycles. The molecule has 142 valence electrons. The quantitative estimate of drug-likeness (QED) is 0.762. The number of esters is 1. The van der Waals surface area contributed by atoms with Crippen molar-refractivity contribution >= 4 is 29.2 Å². The van der Waals surface area contributed by atoms with Crippen molar-refractivity contribution in [1.82, 2.24) is 0 Å². The smallest absolute Gasteiger partial charge is 0.310 e. The number of ether oxygens (including phenoxy) is 4. The maximum absolute atomic E-state index is 12.0. The molecule has 3 rings (SSSR count). The van der Waals surface area contributed by atoms with E-state index < -0.39 is 18.5 Å². The van der Waals surface area contributed by atoms with E-state index in [-0.39, 0.29) is 6.42 Å². The van der Waals surface area contributed by atoms with E-state index in [1.165, 1.54) is 7.11 Å². The van der Waals surface area contributed by atoms with Crippen molar-refractivity contribution in [3.8, 4) is 17.2 Å². The van der Waals surface area contributed by atoms with Gasteiger partial charge in [0.05, 0.1) is 18.6 Å². The largest absolute Gasteiger partial charge is 0.497 e. The van der Waals surface area contributed by atoms with Crippen molar-refractivity contribution in [2.24, 2.45) is 0 Å². The topological polar surface area (TPSA) is 83.1 Å². The van der Waals surface area contributed by atoms with E-state index in [1.807, 2.05) is 0 Å². The summed E-state index contributed by atoms with van der Waals surface area (Å²) >= 11 is 6.14. The molecular formula is C19H18ClNO6. The molecule has 1 heterocycles. The Kier molecular flexibility index (Phi) is 6.03.